The van der Waals surface area contributed by atoms with Crippen molar-refractivity contribution in [2.24, 2.45) is 5.73 Å². The Hall–Kier alpha value is -4.95. The lowest BCUT2D eigenvalue weighted by atomic mass is 10.2. The molecular formula is C22H20F3N9O3. The largest absolute Gasteiger partial charge is 0.416 e. The van der Waals surface area contributed by atoms with Crippen molar-refractivity contribution in [3.05, 3.63) is 59.5 Å². The molecule has 0 atom stereocenters. The number of imidazole rings is 1. The number of nitrogens with zero attached hydrogens (tertiary/aromatic N) is 3. The molecule has 0 fully saturated rings. The van der Waals surface area contributed by atoms with Crippen LogP contribution in [0.25, 0.3) is 11.0 Å². The summed E-state index contributed by atoms with van der Waals surface area (Å²) in [5, 5.41) is 17.8. The van der Waals surface area contributed by atoms with Crippen molar-refractivity contribution in [3.8, 4) is 0 Å². The Morgan fingerprint density at radius 2 is 1.70 bits per heavy atom. The Morgan fingerprint density at radius 3 is 2.41 bits per heavy atom. The highest BCUT2D eigenvalue weighted by Gasteiger charge is 2.30. The molecule has 4 rings (SSSR count). The summed E-state index contributed by atoms with van der Waals surface area (Å²) in [5.74, 6) is -0.945. The van der Waals surface area contributed by atoms with Gasteiger partial charge < -0.3 is 21.4 Å². The summed E-state index contributed by atoms with van der Waals surface area (Å²) in [4.78, 5) is 43.1. The van der Waals surface area contributed by atoms with Gasteiger partial charge >= 0.3 is 12.2 Å². The van der Waals surface area contributed by atoms with Gasteiger partial charge in [-0.3, -0.25) is 20.0 Å². The summed E-state index contributed by atoms with van der Waals surface area (Å²) in [7, 11) is 0. The maximum absolute atomic E-state index is 12.7. The van der Waals surface area contributed by atoms with Gasteiger partial charge in [-0.2, -0.15) is 13.2 Å². The second-order valence-corrected chi connectivity index (χ2v) is 7.87. The molecule has 4 aromatic rings. The highest BCUT2D eigenvalue weighted by atomic mass is 19.4. The zero-order valence-corrected chi connectivity index (χ0v) is 18.9. The number of fused-ring (bicyclic) bond motifs is 1. The first kappa shape index (κ1) is 25.2. The van der Waals surface area contributed by atoms with Gasteiger partial charge in [0.25, 0.3) is 5.91 Å². The molecule has 0 saturated heterocycles. The molecule has 0 aliphatic heterocycles. The monoisotopic (exact) mass is 515 g/mol. The van der Waals surface area contributed by atoms with Gasteiger partial charge in [-0.1, -0.05) is 5.21 Å². The van der Waals surface area contributed by atoms with Crippen LogP contribution in [0.2, 0.25) is 0 Å². The summed E-state index contributed by atoms with van der Waals surface area (Å²) in [6.07, 6.45) is -3.74. The van der Waals surface area contributed by atoms with Crippen LogP contribution in [0.3, 0.4) is 0 Å². The highest BCUT2D eigenvalue weighted by Crippen LogP contribution is 2.29. The number of nitrogens with one attached hydrogen (secondary N) is 5. The Balaban J connectivity index is 1.31. The topological polar surface area (TPSA) is 184 Å². The van der Waals surface area contributed by atoms with Crippen LogP contribution in [-0.4, -0.2) is 43.2 Å². The fourth-order valence-electron chi connectivity index (χ4n) is 3.39. The molecule has 0 bridgehead atoms. The third-order valence-electron chi connectivity index (χ3n) is 5.12. The SMILES string of the molecule is NC(=O)c1nc(CCCC(=O)Nc2ccc3[nH]nnc3c2)[nH]c1NC(=O)Nc1ccc(C(F)(F)F)cc1. The zero-order chi connectivity index (χ0) is 26.6. The number of aromatic nitrogens is 5. The number of rotatable bonds is 8. The third kappa shape index (κ3) is 6.39. The smallest absolute Gasteiger partial charge is 0.364 e. The van der Waals surface area contributed by atoms with Gasteiger partial charge in [0.2, 0.25) is 5.91 Å². The van der Waals surface area contributed by atoms with E-state index in [1.165, 1.54) is 0 Å². The molecule has 0 aliphatic rings. The number of nitrogens with two attached hydrogens (primary N) is 1. The first-order chi connectivity index (χ1) is 17.6. The molecule has 2 heterocycles. The number of carbonyl (C=O) groups is 3. The molecule has 2 aromatic heterocycles. The number of anilines is 3. The average molecular weight is 515 g/mol. The Labute approximate surface area is 206 Å². The van der Waals surface area contributed by atoms with Crippen LogP contribution in [0.15, 0.2) is 42.5 Å². The van der Waals surface area contributed by atoms with E-state index in [0.29, 0.717) is 23.4 Å². The number of halogens is 3. The van der Waals surface area contributed by atoms with Gasteiger partial charge in [-0.05, 0) is 48.9 Å². The maximum Gasteiger partial charge on any atom is 0.416 e. The Kier molecular flexibility index (Phi) is 7.04. The predicted octanol–water partition coefficient (Wildman–Crippen LogP) is 3.40. The number of aryl methyl sites for hydroxylation is 1. The lowest BCUT2D eigenvalue weighted by molar-refractivity contribution is -0.137. The predicted molar refractivity (Wildman–Crippen MR) is 127 cm³/mol. The van der Waals surface area contributed by atoms with Gasteiger partial charge in [-0.15, -0.1) is 5.10 Å². The van der Waals surface area contributed by atoms with Crippen molar-refractivity contribution in [3.63, 3.8) is 0 Å². The van der Waals surface area contributed by atoms with Crippen LogP contribution in [0, 0.1) is 0 Å². The molecule has 0 aliphatic carbocycles. The number of alkyl halides is 3. The highest BCUT2D eigenvalue weighted by molar-refractivity contribution is 6.04. The van der Waals surface area contributed by atoms with E-state index in [4.69, 9.17) is 5.73 Å². The number of hydrogen-bond acceptors (Lipinski definition) is 6. The van der Waals surface area contributed by atoms with E-state index >= 15 is 0 Å². The molecule has 192 valence electrons. The van der Waals surface area contributed by atoms with Crippen molar-refractivity contribution < 1.29 is 27.6 Å². The minimum Gasteiger partial charge on any atom is -0.364 e. The van der Waals surface area contributed by atoms with Gasteiger partial charge in [0, 0.05) is 24.2 Å². The average Bonchev–Trinajstić information content (AvgIpc) is 3.45. The molecule has 15 heteroatoms. The van der Waals surface area contributed by atoms with Crippen LogP contribution in [-0.2, 0) is 17.4 Å². The van der Waals surface area contributed by atoms with E-state index < -0.39 is 23.7 Å². The number of primary amides is 1. The second kappa shape index (κ2) is 10.3. The Bertz CT molecular complexity index is 1450. The summed E-state index contributed by atoms with van der Waals surface area (Å²) in [6.45, 7) is 0. The van der Waals surface area contributed by atoms with Gasteiger partial charge in [0.05, 0.1) is 11.1 Å². The molecular weight excluding hydrogens is 495 g/mol. The third-order valence-corrected chi connectivity index (χ3v) is 5.12. The molecule has 0 unspecified atom stereocenters. The van der Waals surface area contributed by atoms with Gasteiger partial charge in [0.1, 0.15) is 17.2 Å². The minimum absolute atomic E-state index is 0.0859. The van der Waals surface area contributed by atoms with Crippen LogP contribution in [0.5, 0.6) is 0 Å². The van der Waals surface area contributed by atoms with Crippen LogP contribution < -0.4 is 21.7 Å². The van der Waals surface area contributed by atoms with Crippen LogP contribution >= 0.6 is 0 Å². The lowest BCUT2D eigenvalue weighted by Crippen LogP contribution is -2.22. The fourth-order valence-corrected chi connectivity index (χ4v) is 3.39. The maximum atomic E-state index is 12.7. The number of urea groups is 1. The fraction of sp³-hybridized carbons (Fsp3) is 0.182. The zero-order valence-electron chi connectivity index (χ0n) is 18.9. The van der Waals surface area contributed by atoms with E-state index in [1.54, 1.807) is 18.2 Å². The molecule has 37 heavy (non-hydrogen) atoms. The van der Waals surface area contributed by atoms with E-state index in [9.17, 15) is 27.6 Å². The van der Waals surface area contributed by atoms with Crippen molar-refractivity contribution in [1.29, 1.82) is 0 Å². The molecule has 7 N–H and O–H groups in total. The van der Waals surface area contributed by atoms with Crippen molar-refractivity contribution in [2.75, 3.05) is 16.0 Å². The molecule has 2 aromatic carbocycles. The number of H-pyrrole nitrogens is 2. The first-order valence-electron chi connectivity index (χ1n) is 10.8. The second-order valence-electron chi connectivity index (χ2n) is 7.87. The molecule has 0 saturated carbocycles. The Morgan fingerprint density at radius 1 is 0.973 bits per heavy atom. The van der Waals surface area contributed by atoms with E-state index in [1.807, 2.05) is 0 Å². The van der Waals surface area contributed by atoms with Gasteiger partial charge in [0.15, 0.2) is 5.69 Å². The van der Waals surface area contributed by atoms with Crippen LogP contribution in [0.1, 0.15) is 34.7 Å². The number of carbonyl (C=O) groups excluding carboxylic acids is 3. The quantitative estimate of drug-likeness (QED) is 0.209. The van der Waals surface area contributed by atoms with Gasteiger partial charge in [-0.25, -0.2) is 9.78 Å². The summed E-state index contributed by atoms with van der Waals surface area (Å²) in [6, 6.07) is 8.11. The van der Waals surface area contributed by atoms with Crippen LogP contribution in [0.4, 0.5) is 35.2 Å². The first-order valence-corrected chi connectivity index (χ1v) is 10.8. The summed E-state index contributed by atoms with van der Waals surface area (Å²) < 4.78 is 38.0. The molecule has 0 radical (unpaired) electrons. The van der Waals surface area contributed by atoms with Crippen molar-refractivity contribution in [2.45, 2.75) is 25.4 Å². The molecule has 4 amide bonds. The van der Waals surface area contributed by atoms with E-state index in [2.05, 4.69) is 41.3 Å². The number of benzene rings is 2. The summed E-state index contributed by atoms with van der Waals surface area (Å²) >= 11 is 0. The lowest BCUT2D eigenvalue weighted by Gasteiger charge is -2.09. The standard InChI is InChI=1S/C22H20F3N9O3/c23-22(24,25)11-4-6-12(7-5-11)28-21(37)31-20-18(19(26)36)29-16(30-20)2-1-3-17(35)27-13-8-9-14-15(10-13)33-34-32-14/h4-10H,1-3H2,(H2,26,36)(H,27,35)(H,29,30)(H2,28,31,37)(H,32,33,34). The number of amides is 4. The summed E-state index contributed by atoms with van der Waals surface area (Å²) in [5.41, 5.74) is 6.23. The molecule has 0 spiro atoms. The molecule has 12 nitrogen and oxygen atoms in total. The minimum atomic E-state index is -4.50. The van der Waals surface area contributed by atoms with Crippen molar-refractivity contribution >= 4 is 46.1 Å². The van der Waals surface area contributed by atoms with Crippen molar-refractivity contribution in [1.82, 2.24) is 25.4 Å². The van der Waals surface area contributed by atoms with E-state index in [-0.39, 0.29) is 35.9 Å². The normalized spacial score (nSPS) is 11.3. The number of aromatic amines is 2. The van der Waals surface area contributed by atoms with E-state index in [0.717, 1.165) is 29.8 Å². The number of hydrogen-bond donors (Lipinski definition) is 6.